The van der Waals surface area contributed by atoms with Gasteiger partial charge in [0.1, 0.15) is 5.54 Å². The highest BCUT2D eigenvalue weighted by atomic mass is 16.2. The second kappa shape index (κ2) is 5.51. The fourth-order valence-electron chi connectivity index (χ4n) is 3.62. The lowest BCUT2D eigenvalue weighted by molar-refractivity contribution is -0.142. The molecule has 0 bridgehead atoms. The second-order valence-electron chi connectivity index (χ2n) is 6.04. The van der Waals surface area contributed by atoms with Gasteiger partial charge >= 0.3 is 0 Å². The van der Waals surface area contributed by atoms with Crippen molar-refractivity contribution in [2.24, 2.45) is 0 Å². The van der Waals surface area contributed by atoms with Gasteiger partial charge in [-0.1, -0.05) is 26.7 Å². The maximum Gasteiger partial charge on any atom is 0.248 e. The number of nitrogens with zero attached hydrogens (tertiary/aromatic N) is 1. The van der Waals surface area contributed by atoms with E-state index in [1.54, 1.807) is 0 Å². The fourth-order valence-corrected chi connectivity index (χ4v) is 3.62. The number of hydrogen-bond donors (Lipinski definition) is 1. The van der Waals surface area contributed by atoms with Crippen molar-refractivity contribution >= 4 is 11.8 Å². The van der Waals surface area contributed by atoms with Crippen LogP contribution >= 0.6 is 0 Å². The Morgan fingerprint density at radius 2 is 1.79 bits per heavy atom. The molecule has 1 saturated carbocycles. The minimum Gasteiger partial charge on any atom is -0.342 e. The first-order chi connectivity index (χ1) is 9.04. The zero-order chi connectivity index (χ0) is 14.0. The molecule has 1 atom stereocenters. The molecule has 19 heavy (non-hydrogen) atoms. The summed E-state index contributed by atoms with van der Waals surface area (Å²) in [6, 6.07) is 0.364. The van der Waals surface area contributed by atoms with E-state index >= 15 is 0 Å². The average Bonchev–Trinajstić information content (AvgIpc) is 2.86. The van der Waals surface area contributed by atoms with E-state index < -0.39 is 5.54 Å². The molecule has 0 radical (unpaired) electrons. The van der Waals surface area contributed by atoms with Crippen molar-refractivity contribution in [1.29, 1.82) is 0 Å². The quantitative estimate of drug-likeness (QED) is 0.851. The van der Waals surface area contributed by atoms with Gasteiger partial charge in [0.15, 0.2) is 0 Å². The molecule has 2 aliphatic rings. The largest absolute Gasteiger partial charge is 0.342 e. The van der Waals surface area contributed by atoms with Crippen LogP contribution in [0.4, 0.5) is 0 Å². The summed E-state index contributed by atoms with van der Waals surface area (Å²) in [5.74, 6) is 0.160. The maximum absolute atomic E-state index is 13.0. The van der Waals surface area contributed by atoms with Crippen molar-refractivity contribution in [1.82, 2.24) is 10.2 Å². The predicted molar refractivity (Wildman–Crippen MR) is 74.6 cm³/mol. The third kappa shape index (κ3) is 2.49. The highest BCUT2D eigenvalue weighted by molar-refractivity contribution is 5.94. The van der Waals surface area contributed by atoms with E-state index in [2.05, 4.69) is 5.32 Å². The van der Waals surface area contributed by atoms with Crippen molar-refractivity contribution in [3.05, 3.63) is 0 Å². The molecule has 2 fully saturated rings. The molecule has 1 aliphatic heterocycles. The molecule has 0 aromatic carbocycles. The lowest BCUT2D eigenvalue weighted by Gasteiger charge is -2.39. The first-order valence-corrected chi connectivity index (χ1v) is 7.68. The highest BCUT2D eigenvalue weighted by Crippen LogP contribution is 2.32. The molecule has 1 saturated heterocycles. The predicted octanol–water partition coefficient (Wildman–Crippen LogP) is 2.22. The molecule has 108 valence electrons. The van der Waals surface area contributed by atoms with E-state index in [-0.39, 0.29) is 17.9 Å². The van der Waals surface area contributed by atoms with Gasteiger partial charge in [0.2, 0.25) is 11.8 Å². The average molecular weight is 266 g/mol. The third-order valence-electron chi connectivity index (χ3n) is 4.90. The molecule has 0 aromatic rings. The van der Waals surface area contributed by atoms with Gasteiger partial charge in [0, 0.05) is 18.5 Å². The van der Waals surface area contributed by atoms with Crippen LogP contribution in [0.25, 0.3) is 0 Å². The number of carbonyl (C=O) groups is 2. The van der Waals surface area contributed by atoms with Crippen molar-refractivity contribution < 1.29 is 9.59 Å². The Kier molecular flexibility index (Phi) is 4.16. The van der Waals surface area contributed by atoms with Gasteiger partial charge < -0.3 is 10.2 Å². The van der Waals surface area contributed by atoms with E-state index in [0.717, 1.165) is 12.8 Å². The minimum absolute atomic E-state index is 0.0186. The van der Waals surface area contributed by atoms with Gasteiger partial charge in [-0.2, -0.15) is 0 Å². The van der Waals surface area contributed by atoms with E-state index in [1.165, 1.54) is 12.8 Å². The molecule has 0 spiro atoms. The van der Waals surface area contributed by atoms with Gasteiger partial charge in [-0.25, -0.2) is 0 Å². The molecule has 4 nitrogen and oxygen atoms in total. The molecule has 2 rings (SSSR count). The number of amides is 2. The van der Waals surface area contributed by atoms with Crippen LogP contribution in [-0.2, 0) is 9.59 Å². The number of rotatable bonds is 3. The Morgan fingerprint density at radius 3 is 2.32 bits per heavy atom. The van der Waals surface area contributed by atoms with E-state index in [1.807, 2.05) is 25.7 Å². The zero-order valence-corrected chi connectivity index (χ0v) is 12.4. The van der Waals surface area contributed by atoms with Crippen molar-refractivity contribution in [3.8, 4) is 0 Å². The van der Waals surface area contributed by atoms with Crippen LogP contribution in [0.1, 0.15) is 65.7 Å². The third-order valence-corrected chi connectivity index (χ3v) is 4.90. The van der Waals surface area contributed by atoms with Crippen molar-refractivity contribution in [2.75, 3.05) is 0 Å². The molecule has 1 N–H and O–H groups in total. The number of hydrogen-bond acceptors (Lipinski definition) is 2. The first-order valence-electron chi connectivity index (χ1n) is 7.68. The molecule has 2 amide bonds. The van der Waals surface area contributed by atoms with Gasteiger partial charge in [0.05, 0.1) is 0 Å². The van der Waals surface area contributed by atoms with Crippen molar-refractivity contribution in [3.63, 3.8) is 0 Å². The highest BCUT2D eigenvalue weighted by Gasteiger charge is 2.46. The summed E-state index contributed by atoms with van der Waals surface area (Å²) in [5.41, 5.74) is -0.676. The smallest absolute Gasteiger partial charge is 0.248 e. The summed E-state index contributed by atoms with van der Waals surface area (Å²) in [4.78, 5) is 27.1. The van der Waals surface area contributed by atoms with Crippen LogP contribution in [0, 0.1) is 0 Å². The van der Waals surface area contributed by atoms with Crippen molar-refractivity contribution in [2.45, 2.75) is 83.3 Å². The molecule has 4 heteroatoms. The van der Waals surface area contributed by atoms with Crippen LogP contribution < -0.4 is 5.32 Å². The summed E-state index contributed by atoms with van der Waals surface area (Å²) < 4.78 is 0. The van der Waals surface area contributed by atoms with Gasteiger partial charge in [-0.3, -0.25) is 9.59 Å². The Morgan fingerprint density at radius 1 is 1.21 bits per heavy atom. The molecule has 1 aliphatic carbocycles. The van der Waals surface area contributed by atoms with Gasteiger partial charge in [0.25, 0.3) is 0 Å². The van der Waals surface area contributed by atoms with E-state index in [9.17, 15) is 9.59 Å². The monoisotopic (exact) mass is 266 g/mol. The Balaban J connectivity index is 2.33. The minimum atomic E-state index is -0.676. The van der Waals surface area contributed by atoms with E-state index in [4.69, 9.17) is 0 Å². The number of carbonyl (C=O) groups excluding carboxylic acids is 2. The van der Waals surface area contributed by atoms with E-state index in [0.29, 0.717) is 25.3 Å². The standard InChI is InChI=1S/C15H26N2O2/c1-4-15(5-2)14(19)17(12-8-6-7-9-12)11(3)10-13(18)16-15/h11-12H,4-10H2,1-3H3,(H,16,18). The van der Waals surface area contributed by atoms with Gasteiger partial charge in [-0.05, 0) is 32.6 Å². The van der Waals surface area contributed by atoms with Crippen LogP contribution in [0.3, 0.4) is 0 Å². The summed E-state index contributed by atoms with van der Waals surface area (Å²) in [7, 11) is 0. The van der Waals surface area contributed by atoms with Crippen LogP contribution in [0.5, 0.6) is 0 Å². The van der Waals surface area contributed by atoms with Gasteiger partial charge in [-0.15, -0.1) is 0 Å². The molecular formula is C15H26N2O2. The number of nitrogens with one attached hydrogen (secondary N) is 1. The summed E-state index contributed by atoms with van der Waals surface area (Å²) in [5, 5.41) is 3.00. The normalized spacial score (nSPS) is 28.4. The lowest BCUT2D eigenvalue weighted by Crippen LogP contribution is -2.58. The Hall–Kier alpha value is -1.06. The van der Waals surface area contributed by atoms with Crippen LogP contribution in [0.15, 0.2) is 0 Å². The summed E-state index contributed by atoms with van der Waals surface area (Å²) >= 11 is 0. The zero-order valence-electron chi connectivity index (χ0n) is 12.4. The molecular weight excluding hydrogens is 240 g/mol. The maximum atomic E-state index is 13.0. The summed E-state index contributed by atoms with van der Waals surface area (Å²) in [6.07, 6.45) is 6.36. The topological polar surface area (TPSA) is 49.4 Å². The van der Waals surface area contributed by atoms with Crippen LogP contribution in [0.2, 0.25) is 0 Å². The molecule has 1 unspecified atom stereocenters. The SMILES string of the molecule is CCC1(CC)NC(=O)CC(C)N(C2CCCC2)C1=O. The summed E-state index contributed by atoms with van der Waals surface area (Å²) in [6.45, 7) is 5.99. The fraction of sp³-hybridized carbons (Fsp3) is 0.867. The first kappa shape index (κ1) is 14.4. The molecule has 1 heterocycles. The molecule has 0 aromatic heterocycles. The lowest BCUT2D eigenvalue weighted by atomic mass is 9.90. The Labute approximate surface area is 115 Å². The van der Waals surface area contributed by atoms with Crippen LogP contribution in [-0.4, -0.2) is 34.3 Å². The Bertz CT molecular complexity index is 357. The second-order valence-corrected chi connectivity index (χ2v) is 6.04.